The van der Waals surface area contributed by atoms with Crippen molar-refractivity contribution in [2.45, 2.75) is 38.6 Å². The highest BCUT2D eigenvalue weighted by Gasteiger charge is 2.25. The van der Waals surface area contributed by atoms with Gasteiger partial charge >= 0.3 is 0 Å². The van der Waals surface area contributed by atoms with Gasteiger partial charge in [-0.1, -0.05) is 30.3 Å². The quantitative estimate of drug-likeness (QED) is 0.748. The van der Waals surface area contributed by atoms with Gasteiger partial charge in [0.2, 0.25) is 0 Å². The lowest BCUT2D eigenvalue weighted by Crippen LogP contribution is -2.32. The van der Waals surface area contributed by atoms with Gasteiger partial charge in [-0.2, -0.15) is 0 Å². The van der Waals surface area contributed by atoms with E-state index in [0.29, 0.717) is 6.10 Å². The van der Waals surface area contributed by atoms with Crippen LogP contribution in [-0.4, -0.2) is 26.7 Å². The molecule has 1 aromatic rings. The summed E-state index contributed by atoms with van der Waals surface area (Å²) in [7, 11) is -1.42. The first-order valence-corrected chi connectivity index (χ1v) is 9.68. The lowest BCUT2D eigenvalue weighted by Gasteiger charge is -2.22. The van der Waals surface area contributed by atoms with Crippen molar-refractivity contribution in [2.75, 3.05) is 6.54 Å². The maximum Gasteiger partial charge on any atom is 0.184 e. The molecular formula is C14H21NOSi. The summed E-state index contributed by atoms with van der Waals surface area (Å²) < 4.78 is 6.09. The van der Waals surface area contributed by atoms with Gasteiger partial charge in [0.1, 0.15) is 0 Å². The maximum atomic E-state index is 6.09. The SMILES string of the molecule is C[Si](C)(C)OC1CN=C(Cc2ccccc2)C1. The molecule has 0 saturated heterocycles. The average molecular weight is 247 g/mol. The molecular weight excluding hydrogens is 226 g/mol. The summed E-state index contributed by atoms with van der Waals surface area (Å²) >= 11 is 0. The molecule has 0 radical (unpaired) electrons. The van der Waals surface area contributed by atoms with E-state index in [2.05, 4.69) is 55.0 Å². The van der Waals surface area contributed by atoms with Crippen LogP contribution in [0.4, 0.5) is 0 Å². The van der Waals surface area contributed by atoms with Crippen LogP contribution in [-0.2, 0) is 10.8 Å². The molecule has 1 atom stereocenters. The van der Waals surface area contributed by atoms with Gasteiger partial charge in [0.25, 0.3) is 0 Å². The predicted octanol–water partition coefficient (Wildman–Crippen LogP) is 3.29. The molecule has 2 nitrogen and oxygen atoms in total. The summed E-state index contributed by atoms with van der Waals surface area (Å²) in [6, 6.07) is 10.5. The lowest BCUT2D eigenvalue weighted by molar-refractivity contribution is 0.219. The van der Waals surface area contributed by atoms with Crippen LogP contribution in [0.25, 0.3) is 0 Å². The summed E-state index contributed by atoms with van der Waals surface area (Å²) in [5.74, 6) is 0. The minimum absolute atomic E-state index is 0.334. The Morgan fingerprint density at radius 2 is 1.94 bits per heavy atom. The molecule has 1 aromatic carbocycles. The predicted molar refractivity (Wildman–Crippen MR) is 75.3 cm³/mol. The van der Waals surface area contributed by atoms with Crippen molar-refractivity contribution in [1.29, 1.82) is 0 Å². The van der Waals surface area contributed by atoms with Crippen molar-refractivity contribution in [3.63, 3.8) is 0 Å². The van der Waals surface area contributed by atoms with Gasteiger partial charge in [-0.15, -0.1) is 0 Å². The second kappa shape index (κ2) is 5.15. The number of hydrogen-bond acceptors (Lipinski definition) is 2. The molecule has 0 aliphatic carbocycles. The van der Waals surface area contributed by atoms with Crippen LogP contribution in [0.1, 0.15) is 12.0 Å². The van der Waals surface area contributed by atoms with Crippen LogP contribution >= 0.6 is 0 Å². The zero-order valence-electron chi connectivity index (χ0n) is 10.9. The molecule has 1 aliphatic heterocycles. The first-order chi connectivity index (χ1) is 8.03. The van der Waals surface area contributed by atoms with E-state index in [-0.39, 0.29) is 0 Å². The second-order valence-corrected chi connectivity index (χ2v) is 10.1. The Labute approximate surface area is 105 Å². The first-order valence-electron chi connectivity index (χ1n) is 6.27. The molecule has 0 saturated carbocycles. The minimum Gasteiger partial charge on any atom is -0.412 e. The average Bonchev–Trinajstić information content (AvgIpc) is 2.64. The molecule has 2 rings (SSSR count). The van der Waals surface area contributed by atoms with Crippen LogP contribution in [0, 0.1) is 0 Å². The van der Waals surface area contributed by atoms with Crippen molar-refractivity contribution in [3.05, 3.63) is 35.9 Å². The Balaban J connectivity index is 1.86. The molecule has 0 spiro atoms. The Bertz CT molecular complexity index is 394. The molecule has 0 bridgehead atoms. The highest BCUT2D eigenvalue weighted by molar-refractivity contribution is 6.69. The van der Waals surface area contributed by atoms with Crippen molar-refractivity contribution in [1.82, 2.24) is 0 Å². The summed E-state index contributed by atoms with van der Waals surface area (Å²) in [6.45, 7) is 7.57. The van der Waals surface area contributed by atoms with E-state index in [1.54, 1.807) is 0 Å². The van der Waals surface area contributed by atoms with Crippen LogP contribution in [0.3, 0.4) is 0 Å². The van der Waals surface area contributed by atoms with Gasteiger partial charge in [-0.3, -0.25) is 4.99 Å². The Morgan fingerprint density at radius 1 is 1.24 bits per heavy atom. The molecule has 0 amide bonds. The zero-order valence-corrected chi connectivity index (χ0v) is 11.9. The fourth-order valence-electron chi connectivity index (χ4n) is 2.16. The maximum absolute atomic E-state index is 6.09. The molecule has 0 aromatic heterocycles. The molecule has 1 aliphatic rings. The molecule has 0 fully saturated rings. The third kappa shape index (κ3) is 4.09. The largest absolute Gasteiger partial charge is 0.412 e. The normalized spacial score (nSPS) is 20.4. The topological polar surface area (TPSA) is 21.6 Å². The Kier molecular flexibility index (Phi) is 3.79. The number of aliphatic imine (C=N–C) groups is 1. The third-order valence-electron chi connectivity index (χ3n) is 2.75. The number of nitrogens with zero attached hydrogens (tertiary/aromatic N) is 1. The van der Waals surface area contributed by atoms with Crippen LogP contribution in [0.15, 0.2) is 35.3 Å². The minimum atomic E-state index is -1.42. The summed E-state index contributed by atoms with van der Waals surface area (Å²) in [5, 5.41) is 0. The third-order valence-corrected chi connectivity index (χ3v) is 3.79. The van der Waals surface area contributed by atoms with Crippen molar-refractivity contribution >= 4 is 14.0 Å². The molecule has 0 N–H and O–H groups in total. The van der Waals surface area contributed by atoms with Gasteiger partial charge in [0, 0.05) is 18.6 Å². The van der Waals surface area contributed by atoms with Crippen LogP contribution < -0.4 is 0 Å². The highest BCUT2D eigenvalue weighted by atomic mass is 28.4. The number of benzene rings is 1. The van der Waals surface area contributed by atoms with E-state index in [0.717, 1.165) is 19.4 Å². The van der Waals surface area contributed by atoms with E-state index < -0.39 is 8.32 Å². The van der Waals surface area contributed by atoms with E-state index in [4.69, 9.17) is 4.43 Å². The second-order valence-electron chi connectivity index (χ2n) is 5.63. The Morgan fingerprint density at radius 3 is 2.59 bits per heavy atom. The standard InChI is InChI=1S/C14H21NOSi/c1-17(2,3)16-14-10-13(15-11-14)9-12-7-5-4-6-8-12/h4-8,14H,9-11H2,1-3H3. The van der Waals surface area contributed by atoms with Crippen molar-refractivity contribution in [2.24, 2.45) is 4.99 Å². The monoisotopic (exact) mass is 247 g/mol. The Hall–Kier alpha value is -0.933. The van der Waals surface area contributed by atoms with E-state index in [1.807, 2.05) is 0 Å². The molecule has 92 valence electrons. The zero-order chi connectivity index (χ0) is 12.3. The molecule has 3 heteroatoms. The van der Waals surface area contributed by atoms with Crippen molar-refractivity contribution < 1.29 is 4.43 Å². The van der Waals surface area contributed by atoms with Crippen LogP contribution in [0.5, 0.6) is 0 Å². The van der Waals surface area contributed by atoms with Gasteiger partial charge in [0.05, 0.1) is 12.6 Å². The fourth-order valence-corrected chi connectivity index (χ4v) is 3.32. The van der Waals surface area contributed by atoms with E-state index in [9.17, 15) is 0 Å². The summed E-state index contributed by atoms with van der Waals surface area (Å²) in [5.41, 5.74) is 2.64. The van der Waals surface area contributed by atoms with Gasteiger partial charge in [0.15, 0.2) is 8.32 Å². The molecule has 1 unspecified atom stereocenters. The lowest BCUT2D eigenvalue weighted by atomic mass is 10.1. The van der Waals surface area contributed by atoms with E-state index in [1.165, 1.54) is 11.3 Å². The van der Waals surface area contributed by atoms with Crippen LogP contribution in [0.2, 0.25) is 19.6 Å². The fraction of sp³-hybridized carbons (Fsp3) is 0.500. The number of hydrogen-bond donors (Lipinski definition) is 0. The van der Waals surface area contributed by atoms with E-state index >= 15 is 0 Å². The first kappa shape index (κ1) is 12.5. The highest BCUT2D eigenvalue weighted by Crippen LogP contribution is 2.18. The smallest absolute Gasteiger partial charge is 0.184 e. The van der Waals surface area contributed by atoms with Gasteiger partial charge < -0.3 is 4.43 Å². The molecule has 1 heterocycles. The molecule has 17 heavy (non-hydrogen) atoms. The van der Waals surface area contributed by atoms with Gasteiger partial charge in [-0.05, 0) is 25.2 Å². The summed E-state index contributed by atoms with van der Waals surface area (Å²) in [4.78, 5) is 4.61. The van der Waals surface area contributed by atoms with Gasteiger partial charge in [-0.25, -0.2) is 0 Å². The summed E-state index contributed by atoms with van der Waals surface area (Å²) in [6.07, 6.45) is 2.33. The number of rotatable bonds is 4. The van der Waals surface area contributed by atoms with Crippen molar-refractivity contribution in [3.8, 4) is 0 Å².